The van der Waals surface area contributed by atoms with Crippen LogP contribution in [0.4, 0.5) is 0 Å². The van der Waals surface area contributed by atoms with Crippen molar-refractivity contribution in [3.05, 3.63) is 53.9 Å². The Morgan fingerprint density at radius 2 is 2.05 bits per heavy atom. The van der Waals surface area contributed by atoms with E-state index in [0.717, 1.165) is 11.1 Å². The van der Waals surface area contributed by atoms with Crippen LogP contribution in [0.25, 0.3) is 11.1 Å². The first-order chi connectivity index (χ1) is 10.1. The molecule has 4 heteroatoms. The zero-order chi connectivity index (χ0) is 15.2. The van der Waals surface area contributed by atoms with Crippen LogP contribution in [0, 0.1) is 0 Å². The Morgan fingerprint density at radius 1 is 1.24 bits per heavy atom. The highest BCUT2D eigenvalue weighted by molar-refractivity contribution is 5.87. The molecular weight excluding hydrogens is 266 g/mol. The van der Waals surface area contributed by atoms with Gasteiger partial charge in [-0.1, -0.05) is 44.2 Å². The second-order valence-electron chi connectivity index (χ2n) is 5.07. The summed E-state index contributed by atoms with van der Waals surface area (Å²) in [6.45, 7) is 4.10. The van der Waals surface area contributed by atoms with Crippen molar-refractivity contribution in [1.29, 1.82) is 0 Å². The van der Waals surface area contributed by atoms with E-state index in [9.17, 15) is 4.79 Å². The van der Waals surface area contributed by atoms with Crippen LogP contribution in [-0.4, -0.2) is 29.3 Å². The molecule has 4 nitrogen and oxygen atoms in total. The predicted molar refractivity (Wildman–Crippen MR) is 81.1 cm³/mol. The van der Waals surface area contributed by atoms with Crippen LogP contribution in [0.5, 0.6) is 0 Å². The fourth-order valence-electron chi connectivity index (χ4n) is 1.98. The van der Waals surface area contributed by atoms with Crippen LogP contribution >= 0.6 is 0 Å². The summed E-state index contributed by atoms with van der Waals surface area (Å²) in [5.74, 6) is -0.0582. The molecule has 0 fully saturated rings. The summed E-state index contributed by atoms with van der Waals surface area (Å²) >= 11 is 0. The first kappa shape index (κ1) is 15.2. The van der Waals surface area contributed by atoms with Gasteiger partial charge >= 0.3 is 5.97 Å². The summed E-state index contributed by atoms with van der Waals surface area (Å²) in [5.41, 5.74) is 3.53. The minimum Gasteiger partial charge on any atom is -0.459 e. The molecule has 0 aliphatic carbocycles. The Morgan fingerprint density at radius 3 is 2.67 bits per heavy atom. The van der Waals surface area contributed by atoms with Gasteiger partial charge in [0.1, 0.15) is 12.3 Å². The molecule has 0 spiro atoms. The molecule has 0 bridgehead atoms. The molecule has 1 aromatic heterocycles. The summed E-state index contributed by atoms with van der Waals surface area (Å²) in [7, 11) is 0. The number of carbonyl (C=O) groups excluding carboxylic acids is 1. The molecule has 2 aromatic rings. The zero-order valence-corrected chi connectivity index (χ0v) is 12.2. The van der Waals surface area contributed by atoms with Gasteiger partial charge in [0, 0.05) is 11.8 Å². The van der Waals surface area contributed by atoms with Crippen LogP contribution in [0.3, 0.4) is 0 Å². The Labute approximate surface area is 124 Å². The highest BCUT2D eigenvalue weighted by Crippen LogP contribution is 2.23. The second-order valence-corrected chi connectivity index (χ2v) is 5.07. The lowest BCUT2D eigenvalue weighted by atomic mass is 9.98. The number of esters is 1. The maximum Gasteiger partial charge on any atom is 0.356 e. The number of aliphatic hydroxyl groups excluding tert-OH is 1. The largest absolute Gasteiger partial charge is 0.459 e. The lowest BCUT2D eigenvalue weighted by Crippen LogP contribution is -2.10. The average Bonchev–Trinajstić information content (AvgIpc) is 2.53. The van der Waals surface area contributed by atoms with Gasteiger partial charge in [-0.3, -0.25) is 0 Å². The topological polar surface area (TPSA) is 59.4 Å². The van der Waals surface area contributed by atoms with Crippen molar-refractivity contribution in [2.75, 3.05) is 13.2 Å². The van der Waals surface area contributed by atoms with E-state index in [-0.39, 0.29) is 18.9 Å². The molecule has 21 heavy (non-hydrogen) atoms. The molecule has 0 radical (unpaired) electrons. The van der Waals surface area contributed by atoms with Crippen molar-refractivity contribution >= 4 is 5.97 Å². The van der Waals surface area contributed by atoms with Crippen LogP contribution in [0.2, 0.25) is 0 Å². The fourth-order valence-corrected chi connectivity index (χ4v) is 1.98. The van der Waals surface area contributed by atoms with Crippen molar-refractivity contribution < 1.29 is 14.6 Å². The number of hydrogen-bond acceptors (Lipinski definition) is 4. The number of rotatable bonds is 5. The zero-order valence-electron chi connectivity index (χ0n) is 12.2. The molecule has 0 atom stereocenters. The van der Waals surface area contributed by atoms with Gasteiger partial charge in [-0.2, -0.15) is 0 Å². The molecule has 0 aliphatic rings. The smallest absolute Gasteiger partial charge is 0.356 e. The van der Waals surface area contributed by atoms with Gasteiger partial charge in [-0.05, 0) is 23.1 Å². The summed E-state index contributed by atoms with van der Waals surface area (Å²) in [6.07, 6.45) is 1.66. The number of ether oxygens (including phenoxy) is 1. The Kier molecular flexibility index (Phi) is 5.06. The Bertz CT molecular complexity index is 606. The molecule has 0 amide bonds. The lowest BCUT2D eigenvalue weighted by molar-refractivity contribution is 0.0427. The van der Waals surface area contributed by atoms with Crippen LogP contribution < -0.4 is 0 Å². The van der Waals surface area contributed by atoms with Gasteiger partial charge in [0.2, 0.25) is 0 Å². The van der Waals surface area contributed by atoms with Crippen molar-refractivity contribution in [2.24, 2.45) is 0 Å². The van der Waals surface area contributed by atoms with Gasteiger partial charge < -0.3 is 9.84 Å². The van der Waals surface area contributed by atoms with Crippen molar-refractivity contribution in [3.63, 3.8) is 0 Å². The highest BCUT2D eigenvalue weighted by atomic mass is 16.5. The summed E-state index contributed by atoms with van der Waals surface area (Å²) in [6, 6.07) is 11.8. The number of carbonyl (C=O) groups is 1. The summed E-state index contributed by atoms with van der Waals surface area (Å²) in [4.78, 5) is 15.7. The number of hydrogen-bond donors (Lipinski definition) is 1. The van der Waals surface area contributed by atoms with E-state index in [4.69, 9.17) is 9.84 Å². The highest BCUT2D eigenvalue weighted by Gasteiger charge is 2.09. The molecule has 0 aliphatic heterocycles. The minimum atomic E-state index is -0.522. The molecular formula is C17H19NO3. The van der Waals surface area contributed by atoms with E-state index < -0.39 is 5.97 Å². The molecule has 2 rings (SSSR count). The maximum atomic E-state index is 11.6. The molecule has 0 saturated carbocycles. The number of aliphatic hydroxyl groups is 1. The quantitative estimate of drug-likeness (QED) is 0.858. The lowest BCUT2D eigenvalue weighted by Gasteiger charge is -2.08. The molecule has 1 N–H and O–H groups in total. The van der Waals surface area contributed by atoms with Gasteiger partial charge in [0.15, 0.2) is 0 Å². The third-order valence-electron chi connectivity index (χ3n) is 3.18. The number of nitrogens with zero attached hydrogens (tertiary/aromatic N) is 1. The molecule has 0 unspecified atom stereocenters. The second kappa shape index (κ2) is 6.99. The van der Waals surface area contributed by atoms with Crippen LogP contribution in [-0.2, 0) is 4.74 Å². The molecule has 110 valence electrons. The van der Waals surface area contributed by atoms with Crippen molar-refractivity contribution in [3.8, 4) is 11.1 Å². The van der Waals surface area contributed by atoms with E-state index in [0.29, 0.717) is 5.92 Å². The normalized spacial score (nSPS) is 10.7. The molecule has 1 heterocycles. The first-order valence-electron chi connectivity index (χ1n) is 6.96. The summed E-state index contributed by atoms with van der Waals surface area (Å²) in [5, 5.41) is 8.63. The molecule has 1 aromatic carbocycles. The van der Waals surface area contributed by atoms with Gasteiger partial charge in [-0.25, -0.2) is 9.78 Å². The van der Waals surface area contributed by atoms with Crippen molar-refractivity contribution in [2.45, 2.75) is 19.8 Å². The van der Waals surface area contributed by atoms with E-state index in [1.54, 1.807) is 12.3 Å². The third-order valence-corrected chi connectivity index (χ3v) is 3.18. The fraction of sp³-hybridized carbons (Fsp3) is 0.294. The van der Waals surface area contributed by atoms with E-state index >= 15 is 0 Å². The van der Waals surface area contributed by atoms with Gasteiger partial charge in [0.05, 0.1) is 6.61 Å². The number of benzene rings is 1. The van der Waals surface area contributed by atoms with Gasteiger partial charge in [0.25, 0.3) is 0 Å². The van der Waals surface area contributed by atoms with Crippen LogP contribution in [0.15, 0.2) is 42.6 Å². The predicted octanol–water partition coefficient (Wildman–Crippen LogP) is 3.02. The number of pyridine rings is 1. The van der Waals surface area contributed by atoms with Crippen LogP contribution in [0.1, 0.15) is 35.8 Å². The third kappa shape index (κ3) is 3.89. The Balaban J connectivity index is 2.19. The Hall–Kier alpha value is -2.20. The first-order valence-corrected chi connectivity index (χ1v) is 6.96. The van der Waals surface area contributed by atoms with E-state index in [1.807, 2.05) is 18.2 Å². The minimum absolute atomic E-state index is 0.0152. The maximum absolute atomic E-state index is 11.6. The SMILES string of the molecule is CC(C)c1cccc(-c2ccc(C(=O)OCCO)nc2)c1. The number of aromatic nitrogens is 1. The average molecular weight is 285 g/mol. The monoisotopic (exact) mass is 285 g/mol. The standard InChI is InChI=1S/C17H19NO3/c1-12(2)13-4-3-5-14(10-13)15-6-7-16(18-11-15)17(20)21-9-8-19/h3-7,10-12,19H,8-9H2,1-2H3. The summed E-state index contributed by atoms with van der Waals surface area (Å²) < 4.78 is 4.82. The van der Waals surface area contributed by atoms with Crippen molar-refractivity contribution in [1.82, 2.24) is 4.98 Å². The molecule has 0 saturated heterocycles. The van der Waals surface area contributed by atoms with E-state index in [1.165, 1.54) is 5.56 Å². The van der Waals surface area contributed by atoms with Gasteiger partial charge in [-0.15, -0.1) is 0 Å². The van der Waals surface area contributed by atoms with E-state index in [2.05, 4.69) is 31.0 Å².